The Labute approximate surface area is 165 Å². The maximum atomic E-state index is 12.5. The second-order valence-corrected chi connectivity index (χ2v) is 8.14. The Kier molecular flexibility index (Phi) is 6.42. The Morgan fingerprint density at radius 3 is 2.52 bits per heavy atom. The van der Waals surface area contributed by atoms with Crippen molar-refractivity contribution in [2.45, 2.75) is 24.8 Å². The molecule has 8 nitrogen and oxygen atoms in total. The lowest BCUT2D eigenvalue weighted by molar-refractivity contribution is -0.385. The second-order valence-electron chi connectivity index (χ2n) is 5.61. The van der Waals surface area contributed by atoms with Gasteiger partial charge < -0.3 is 5.32 Å². The van der Waals surface area contributed by atoms with E-state index in [2.05, 4.69) is 10.0 Å². The molecule has 0 aliphatic heterocycles. The summed E-state index contributed by atoms with van der Waals surface area (Å²) in [6.07, 6.45) is 0. The lowest BCUT2D eigenvalue weighted by atomic mass is 10.1. The molecule has 0 aliphatic rings. The van der Waals surface area contributed by atoms with Crippen molar-refractivity contribution in [3.8, 4) is 0 Å². The largest absolute Gasteiger partial charge is 0.324 e. The van der Waals surface area contributed by atoms with Crippen LogP contribution >= 0.6 is 23.2 Å². The van der Waals surface area contributed by atoms with Gasteiger partial charge in [0.1, 0.15) is 4.90 Å². The molecule has 11 heteroatoms. The third-order valence-electron chi connectivity index (χ3n) is 3.67. The molecule has 27 heavy (non-hydrogen) atoms. The van der Waals surface area contributed by atoms with Gasteiger partial charge in [0.25, 0.3) is 5.69 Å². The van der Waals surface area contributed by atoms with Gasteiger partial charge in [-0.2, -0.15) is 4.72 Å². The molecule has 1 amide bonds. The number of nitro groups is 1. The minimum Gasteiger partial charge on any atom is -0.324 e. The number of anilines is 1. The number of nitrogens with zero attached hydrogens (tertiary/aromatic N) is 1. The summed E-state index contributed by atoms with van der Waals surface area (Å²) in [6.45, 7) is 2.81. The highest BCUT2D eigenvalue weighted by molar-refractivity contribution is 7.89. The van der Waals surface area contributed by atoms with E-state index in [1.807, 2.05) is 0 Å². The van der Waals surface area contributed by atoms with Crippen molar-refractivity contribution in [2.24, 2.45) is 0 Å². The molecule has 0 aliphatic carbocycles. The minimum atomic E-state index is -4.12. The monoisotopic (exact) mass is 431 g/mol. The molecule has 0 radical (unpaired) electrons. The van der Waals surface area contributed by atoms with E-state index in [1.165, 1.54) is 50.2 Å². The smallest absolute Gasteiger partial charge is 0.274 e. The number of sulfonamides is 1. The van der Waals surface area contributed by atoms with Crippen LogP contribution in [0.2, 0.25) is 10.0 Å². The maximum absolute atomic E-state index is 12.5. The highest BCUT2D eigenvalue weighted by atomic mass is 35.5. The fourth-order valence-electron chi connectivity index (χ4n) is 2.23. The average Bonchev–Trinajstić information content (AvgIpc) is 2.58. The van der Waals surface area contributed by atoms with Gasteiger partial charge in [0.15, 0.2) is 0 Å². The normalized spacial score (nSPS) is 12.4. The van der Waals surface area contributed by atoms with Crippen LogP contribution in [0.25, 0.3) is 0 Å². The quantitative estimate of drug-likeness (QED) is 0.535. The van der Waals surface area contributed by atoms with Crippen LogP contribution in [0.15, 0.2) is 41.3 Å². The SMILES string of the molecule is Cc1c(NC(=O)[C@H](C)NS(=O)(=O)c2cc(Cl)ccc2Cl)cccc1[N+](=O)[O-]. The molecule has 144 valence electrons. The first-order chi connectivity index (χ1) is 12.5. The van der Waals surface area contributed by atoms with Gasteiger partial charge in [-0.1, -0.05) is 29.3 Å². The molecule has 2 aromatic rings. The summed E-state index contributed by atoms with van der Waals surface area (Å²) in [5.74, 6) is -0.694. The lowest BCUT2D eigenvalue weighted by Crippen LogP contribution is -2.41. The maximum Gasteiger partial charge on any atom is 0.274 e. The number of halogens is 2. The summed E-state index contributed by atoms with van der Waals surface area (Å²) in [7, 11) is -4.12. The van der Waals surface area contributed by atoms with E-state index in [9.17, 15) is 23.3 Å². The predicted octanol–water partition coefficient (Wildman–Crippen LogP) is 3.52. The highest BCUT2D eigenvalue weighted by Gasteiger charge is 2.25. The molecule has 2 aromatic carbocycles. The summed E-state index contributed by atoms with van der Waals surface area (Å²) >= 11 is 11.7. The number of hydrogen-bond donors (Lipinski definition) is 2. The third-order valence-corrected chi connectivity index (χ3v) is 5.93. The van der Waals surface area contributed by atoms with Crippen LogP contribution in [0.3, 0.4) is 0 Å². The first-order valence-electron chi connectivity index (χ1n) is 7.55. The third kappa shape index (κ3) is 4.95. The van der Waals surface area contributed by atoms with Crippen LogP contribution in [0.1, 0.15) is 12.5 Å². The van der Waals surface area contributed by atoms with E-state index >= 15 is 0 Å². The topological polar surface area (TPSA) is 118 Å². The van der Waals surface area contributed by atoms with Gasteiger partial charge >= 0.3 is 0 Å². The first kappa shape index (κ1) is 21.1. The first-order valence-corrected chi connectivity index (χ1v) is 9.79. The number of benzene rings is 2. The van der Waals surface area contributed by atoms with E-state index in [4.69, 9.17) is 23.2 Å². The number of hydrogen-bond acceptors (Lipinski definition) is 5. The minimum absolute atomic E-state index is 0.0472. The Balaban J connectivity index is 2.20. The van der Waals surface area contributed by atoms with Crippen molar-refractivity contribution in [2.75, 3.05) is 5.32 Å². The number of amides is 1. The van der Waals surface area contributed by atoms with E-state index in [0.717, 1.165) is 0 Å². The van der Waals surface area contributed by atoms with E-state index in [1.54, 1.807) is 0 Å². The summed E-state index contributed by atoms with van der Waals surface area (Å²) in [5.41, 5.74) is 0.302. The van der Waals surface area contributed by atoms with Crippen LogP contribution in [-0.4, -0.2) is 25.3 Å². The van der Waals surface area contributed by atoms with Gasteiger partial charge in [-0.15, -0.1) is 0 Å². The van der Waals surface area contributed by atoms with E-state index in [0.29, 0.717) is 0 Å². The number of carbonyl (C=O) groups is 1. The van der Waals surface area contributed by atoms with Crippen LogP contribution in [0.5, 0.6) is 0 Å². The summed E-state index contributed by atoms with van der Waals surface area (Å²) in [4.78, 5) is 22.5. The molecule has 1 atom stereocenters. The van der Waals surface area contributed by atoms with Crippen LogP contribution in [0, 0.1) is 17.0 Å². The zero-order valence-electron chi connectivity index (χ0n) is 14.2. The van der Waals surface area contributed by atoms with Gasteiger partial charge in [0.05, 0.1) is 27.2 Å². The van der Waals surface area contributed by atoms with E-state index in [-0.39, 0.29) is 31.9 Å². The molecular weight excluding hydrogens is 417 g/mol. The van der Waals surface area contributed by atoms with Crippen molar-refractivity contribution < 1.29 is 18.1 Å². The Morgan fingerprint density at radius 2 is 1.89 bits per heavy atom. The van der Waals surface area contributed by atoms with Crippen molar-refractivity contribution >= 4 is 50.5 Å². The molecule has 0 saturated heterocycles. The molecule has 2 rings (SSSR count). The number of nitrogens with one attached hydrogen (secondary N) is 2. The van der Waals surface area contributed by atoms with Crippen molar-refractivity contribution in [1.29, 1.82) is 0 Å². The lowest BCUT2D eigenvalue weighted by Gasteiger charge is -2.16. The van der Waals surface area contributed by atoms with E-state index < -0.39 is 26.9 Å². The number of rotatable bonds is 6. The van der Waals surface area contributed by atoms with Gasteiger partial charge in [-0.25, -0.2) is 8.42 Å². The summed E-state index contributed by atoms with van der Waals surface area (Å²) in [6, 6.07) is 6.96. The molecule has 0 unspecified atom stereocenters. The Hall–Kier alpha value is -2.20. The zero-order chi connectivity index (χ0) is 20.4. The second kappa shape index (κ2) is 8.22. The summed E-state index contributed by atoms with van der Waals surface area (Å²) < 4.78 is 27.1. The van der Waals surface area contributed by atoms with Crippen molar-refractivity contribution in [3.63, 3.8) is 0 Å². The van der Waals surface area contributed by atoms with Gasteiger partial charge in [0.2, 0.25) is 15.9 Å². The standard InChI is InChI=1S/C16H15Cl2N3O5S/c1-9-13(4-3-5-14(9)21(23)24)19-16(22)10(2)20-27(25,26)15-8-11(17)6-7-12(15)18/h3-8,10,20H,1-2H3,(H,19,22)/t10-/m0/s1. The molecule has 2 N–H and O–H groups in total. The fraction of sp³-hybridized carbons (Fsp3) is 0.188. The fourth-order valence-corrected chi connectivity index (χ4v) is 4.20. The Bertz CT molecular complexity index is 1010. The van der Waals surface area contributed by atoms with Crippen LogP contribution in [0.4, 0.5) is 11.4 Å². The number of nitro benzene ring substituents is 1. The zero-order valence-corrected chi connectivity index (χ0v) is 16.5. The molecule has 0 bridgehead atoms. The molecule has 0 saturated carbocycles. The molecule has 0 spiro atoms. The van der Waals surface area contributed by atoms with Crippen LogP contribution in [-0.2, 0) is 14.8 Å². The number of carbonyl (C=O) groups excluding carboxylic acids is 1. The van der Waals surface area contributed by atoms with Gasteiger partial charge in [-0.05, 0) is 38.1 Å². The molecule has 0 fully saturated rings. The van der Waals surface area contributed by atoms with Gasteiger partial charge in [-0.3, -0.25) is 14.9 Å². The Morgan fingerprint density at radius 1 is 1.22 bits per heavy atom. The predicted molar refractivity (Wildman–Crippen MR) is 103 cm³/mol. The van der Waals surface area contributed by atoms with Crippen molar-refractivity contribution in [3.05, 3.63) is 62.1 Å². The molecule has 0 aromatic heterocycles. The van der Waals surface area contributed by atoms with Crippen LogP contribution < -0.4 is 10.0 Å². The molecule has 0 heterocycles. The highest BCUT2D eigenvalue weighted by Crippen LogP contribution is 2.26. The molecular formula is C16H15Cl2N3O5S. The van der Waals surface area contributed by atoms with Crippen molar-refractivity contribution in [1.82, 2.24) is 4.72 Å². The summed E-state index contributed by atoms with van der Waals surface area (Å²) in [5, 5.41) is 13.6. The average molecular weight is 432 g/mol. The van der Waals surface area contributed by atoms with Gasteiger partial charge in [0, 0.05) is 11.1 Å².